The second-order valence-corrected chi connectivity index (χ2v) is 4.58. The Hall–Kier alpha value is -2.20. The van der Waals surface area contributed by atoms with Gasteiger partial charge in [-0.05, 0) is 30.2 Å². The van der Waals surface area contributed by atoms with Gasteiger partial charge < -0.3 is 4.74 Å². The van der Waals surface area contributed by atoms with Crippen LogP contribution in [0.15, 0.2) is 43.0 Å². The summed E-state index contributed by atoms with van der Waals surface area (Å²) in [6.45, 7) is 1.84. The molecule has 0 amide bonds. The number of benzene rings is 1. The number of carbonyl (C=O) groups is 1. The molecule has 1 heterocycles. The number of hydrogen-bond donors (Lipinski definition) is 0. The van der Waals surface area contributed by atoms with Gasteiger partial charge in [0.25, 0.3) is 0 Å². The molecule has 0 fully saturated rings. The first kappa shape index (κ1) is 14.2. The van der Waals surface area contributed by atoms with E-state index < -0.39 is 0 Å². The van der Waals surface area contributed by atoms with Gasteiger partial charge in [-0.25, -0.2) is 14.8 Å². The number of carbonyl (C=O) groups excluding carboxylic acids is 1. The summed E-state index contributed by atoms with van der Waals surface area (Å²) in [7, 11) is 1.35. The van der Waals surface area contributed by atoms with E-state index in [2.05, 4.69) is 14.7 Å². The third-order valence-corrected chi connectivity index (χ3v) is 3.16. The molecule has 1 aromatic heterocycles. The summed E-state index contributed by atoms with van der Waals surface area (Å²) in [5, 5.41) is 0.606. The molecule has 0 radical (unpaired) electrons. The standard InChI is InChI=1S/C15H13ClN2O2/c1-10(5-15(19)20-2)11-3-4-14(16)13(6-11)12-7-17-9-18-8-12/h3-9H,1-2H3/b10-5+. The fraction of sp³-hybridized carbons (Fsp3) is 0.133. The average molecular weight is 289 g/mol. The predicted octanol–water partition coefficient (Wildman–Crippen LogP) is 3.37. The van der Waals surface area contributed by atoms with Gasteiger partial charge in [0.05, 0.1) is 7.11 Å². The summed E-state index contributed by atoms with van der Waals surface area (Å²) >= 11 is 6.20. The number of esters is 1. The topological polar surface area (TPSA) is 52.1 Å². The van der Waals surface area contributed by atoms with Gasteiger partial charge in [-0.3, -0.25) is 0 Å². The van der Waals surface area contributed by atoms with Crippen LogP contribution in [0, 0.1) is 0 Å². The zero-order chi connectivity index (χ0) is 14.5. The Kier molecular flexibility index (Phi) is 4.48. The Bertz CT molecular complexity index is 654. The predicted molar refractivity (Wildman–Crippen MR) is 78.1 cm³/mol. The molecule has 0 saturated heterocycles. The molecule has 0 bridgehead atoms. The van der Waals surface area contributed by atoms with Crippen LogP contribution in [0.2, 0.25) is 5.02 Å². The number of ether oxygens (including phenoxy) is 1. The molecular formula is C15H13ClN2O2. The van der Waals surface area contributed by atoms with Crippen molar-refractivity contribution in [2.75, 3.05) is 7.11 Å². The lowest BCUT2D eigenvalue weighted by molar-refractivity contribution is -0.134. The monoisotopic (exact) mass is 288 g/mol. The molecule has 0 aliphatic heterocycles. The summed E-state index contributed by atoms with van der Waals surface area (Å²) in [6, 6.07) is 5.54. The number of allylic oxidation sites excluding steroid dienone is 1. The number of aromatic nitrogens is 2. The van der Waals surface area contributed by atoms with Crippen LogP contribution < -0.4 is 0 Å². The Morgan fingerprint density at radius 1 is 1.30 bits per heavy atom. The van der Waals surface area contributed by atoms with Gasteiger partial charge in [-0.2, -0.15) is 0 Å². The minimum absolute atomic E-state index is 0.387. The summed E-state index contributed by atoms with van der Waals surface area (Å²) in [4.78, 5) is 19.2. The molecule has 0 saturated carbocycles. The van der Waals surface area contributed by atoms with Crippen LogP contribution in [0.1, 0.15) is 12.5 Å². The highest BCUT2D eigenvalue weighted by molar-refractivity contribution is 6.33. The average Bonchev–Trinajstić information content (AvgIpc) is 2.48. The fourth-order valence-corrected chi connectivity index (χ4v) is 1.98. The first-order chi connectivity index (χ1) is 9.61. The van der Waals surface area contributed by atoms with E-state index in [4.69, 9.17) is 11.6 Å². The maximum absolute atomic E-state index is 11.3. The fourth-order valence-electron chi connectivity index (χ4n) is 1.75. The molecule has 2 rings (SSSR count). The van der Waals surface area contributed by atoms with Crippen LogP contribution in [-0.4, -0.2) is 23.0 Å². The van der Waals surface area contributed by atoms with Crippen molar-refractivity contribution < 1.29 is 9.53 Å². The second-order valence-electron chi connectivity index (χ2n) is 4.17. The van der Waals surface area contributed by atoms with Gasteiger partial charge in [-0.15, -0.1) is 0 Å². The van der Waals surface area contributed by atoms with E-state index in [0.29, 0.717) is 5.02 Å². The molecule has 4 nitrogen and oxygen atoms in total. The molecular weight excluding hydrogens is 276 g/mol. The van der Waals surface area contributed by atoms with Crippen LogP contribution in [0.4, 0.5) is 0 Å². The lowest BCUT2D eigenvalue weighted by Crippen LogP contribution is -1.96. The Labute approximate surface area is 122 Å². The number of rotatable bonds is 3. The summed E-state index contributed by atoms with van der Waals surface area (Å²) in [5.41, 5.74) is 3.33. The van der Waals surface area contributed by atoms with Crippen LogP contribution in [0.3, 0.4) is 0 Å². The van der Waals surface area contributed by atoms with E-state index in [9.17, 15) is 4.79 Å². The smallest absolute Gasteiger partial charge is 0.330 e. The van der Waals surface area contributed by atoms with Crippen molar-refractivity contribution in [2.24, 2.45) is 0 Å². The van der Waals surface area contributed by atoms with Gasteiger partial charge in [0.2, 0.25) is 0 Å². The van der Waals surface area contributed by atoms with Crippen molar-refractivity contribution in [3.05, 3.63) is 53.6 Å². The van der Waals surface area contributed by atoms with E-state index in [-0.39, 0.29) is 5.97 Å². The van der Waals surface area contributed by atoms with Crippen molar-refractivity contribution in [1.82, 2.24) is 9.97 Å². The van der Waals surface area contributed by atoms with Gasteiger partial charge in [-0.1, -0.05) is 17.7 Å². The van der Waals surface area contributed by atoms with E-state index in [1.54, 1.807) is 18.5 Å². The molecule has 0 atom stereocenters. The lowest BCUT2D eigenvalue weighted by atomic mass is 10.0. The van der Waals surface area contributed by atoms with E-state index in [0.717, 1.165) is 22.3 Å². The molecule has 0 spiro atoms. The molecule has 0 aliphatic rings. The zero-order valence-electron chi connectivity index (χ0n) is 11.1. The highest BCUT2D eigenvalue weighted by atomic mass is 35.5. The second kappa shape index (κ2) is 6.30. The maximum Gasteiger partial charge on any atom is 0.330 e. The molecule has 20 heavy (non-hydrogen) atoms. The third-order valence-electron chi connectivity index (χ3n) is 2.83. The van der Waals surface area contributed by atoms with Gasteiger partial charge in [0.15, 0.2) is 0 Å². The minimum atomic E-state index is -0.387. The van der Waals surface area contributed by atoms with Gasteiger partial charge in [0.1, 0.15) is 6.33 Å². The van der Waals surface area contributed by atoms with Crippen LogP contribution in [0.5, 0.6) is 0 Å². The largest absolute Gasteiger partial charge is 0.466 e. The van der Waals surface area contributed by atoms with E-state index in [1.165, 1.54) is 19.5 Å². The summed E-state index contributed by atoms with van der Waals surface area (Å²) in [6.07, 6.45) is 6.28. The Morgan fingerprint density at radius 2 is 2.00 bits per heavy atom. The van der Waals surface area contributed by atoms with Gasteiger partial charge in [0, 0.05) is 34.6 Å². The number of nitrogens with zero attached hydrogens (tertiary/aromatic N) is 2. The Balaban J connectivity index is 2.44. The number of methoxy groups -OCH3 is 1. The Morgan fingerprint density at radius 3 is 2.65 bits per heavy atom. The third kappa shape index (κ3) is 3.22. The quantitative estimate of drug-likeness (QED) is 0.642. The normalized spacial score (nSPS) is 11.2. The highest BCUT2D eigenvalue weighted by Crippen LogP contribution is 2.30. The molecule has 0 aliphatic carbocycles. The molecule has 102 valence electrons. The number of hydrogen-bond acceptors (Lipinski definition) is 4. The lowest BCUT2D eigenvalue weighted by Gasteiger charge is -2.08. The summed E-state index contributed by atoms with van der Waals surface area (Å²) < 4.78 is 4.62. The first-order valence-corrected chi connectivity index (χ1v) is 6.31. The van der Waals surface area contributed by atoms with E-state index >= 15 is 0 Å². The maximum atomic E-state index is 11.3. The summed E-state index contributed by atoms with van der Waals surface area (Å²) in [5.74, 6) is -0.387. The number of halogens is 1. The highest BCUT2D eigenvalue weighted by Gasteiger charge is 2.07. The van der Waals surface area contributed by atoms with Crippen molar-refractivity contribution in [3.63, 3.8) is 0 Å². The van der Waals surface area contributed by atoms with Crippen LogP contribution >= 0.6 is 11.6 Å². The molecule has 1 aromatic carbocycles. The van der Waals surface area contributed by atoms with Crippen molar-refractivity contribution >= 4 is 23.1 Å². The van der Waals surface area contributed by atoms with Crippen LogP contribution in [-0.2, 0) is 9.53 Å². The van der Waals surface area contributed by atoms with Crippen LogP contribution in [0.25, 0.3) is 16.7 Å². The molecule has 5 heteroatoms. The van der Waals surface area contributed by atoms with E-state index in [1.807, 2.05) is 19.1 Å². The van der Waals surface area contributed by atoms with Crippen molar-refractivity contribution in [2.45, 2.75) is 6.92 Å². The van der Waals surface area contributed by atoms with Crippen molar-refractivity contribution in [3.8, 4) is 11.1 Å². The zero-order valence-corrected chi connectivity index (χ0v) is 11.9. The molecule has 0 N–H and O–H groups in total. The minimum Gasteiger partial charge on any atom is -0.466 e. The SMILES string of the molecule is COC(=O)/C=C(\C)c1ccc(Cl)c(-c2cncnc2)c1. The van der Waals surface area contributed by atoms with Crippen molar-refractivity contribution in [1.29, 1.82) is 0 Å². The first-order valence-electron chi connectivity index (χ1n) is 5.93. The molecule has 0 unspecified atom stereocenters. The van der Waals surface area contributed by atoms with Gasteiger partial charge >= 0.3 is 5.97 Å². The molecule has 2 aromatic rings.